The van der Waals surface area contributed by atoms with Gasteiger partial charge < -0.3 is 4.42 Å². The van der Waals surface area contributed by atoms with Gasteiger partial charge >= 0.3 is 0 Å². The maximum absolute atomic E-state index is 5.92. The second-order valence-corrected chi connectivity index (χ2v) is 4.76. The number of fused-ring (bicyclic) bond motifs is 5. The number of benzene rings is 3. The third-order valence-corrected chi connectivity index (χ3v) is 3.52. The van der Waals surface area contributed by atoms with Crippen LogP contribution in [0.15, 0.2) is 59.0 Å². The van der Waals surface area contributed by atoms with E-state index in [-0.39, 0.29) is 0 Å². The Bertz CT molecular complexity index is 884. The number of hydrogen-bond donors (Lipinski definition) is 0. The molecule has 0 fully saturated rings. The number of furan rings is 1. The van der Waals surface area contributed by atoms with Crippen molar-refractivity contribution in [2.45, 2.75) is 6.92 Å². The summed E-state index contributed by atoms with van der Waals surface area (Å²) in [5.74, 6) is 0. The molecular weight excluding hydrogens is 220 g/mol. The zero-order chi connectivity index (χ0) is 12.1. The second kappa shape index (κ2) is 3.36. The maximum Gasteiger partial charge on any atom is 0.136 e. The van der Waals surface area contributed by atoms with Crippen LogP contribution < -0.4 is 0 Å². The Morgan fingerprint density at radius 3 is 2.56 bits per heavy atom. The van der Waals surface area contributed by atoms with Gasteiger partial charge in [-0.3, -0.25) is 0 Å². The van der Waals surface area contributed by atoms with E-state index < -0.39 is 0 Å². The lowest BCUT2D eigenvalue weighted by molar-refractivity contribution is 0.669. The fourth-order valence-corrected chi connectivity index (χ4v) is 2.66. The summed E-state index contributed by atoms with van der Waals surface area (Å²) in [4.78, 5) is 0. The van der Waals surface area contributed by atoms with Crippen LogP contribution in [0.5, 0.6) is 0 Å². The van der Waals surface area contributed by atoms with Crippen molar-refractivity contribution in [3.05, 3.63) is 60.2 Å². The summed E-state index contributed by atoms with van der Waals surface area (Å²) in [6, 6.07) is 19.0. The average Bonchev–Trinajstić information content (AvgIpc) is 2.77. The smallest absolute Gasteiger partial charge is 0.136 e. The minimum absolute atomic E-state index is 0.965. The van der Waals surface area contributed by atoms with E-state index in [0.29, 0.717) is 0 Å². The first-order valence-electron chi connectivity index (χ1n) is 6.13. The van der Waals surface area contributed by atoms with Gasteiger partial charge in [-0.1, -0.05) is 42.0 Å². The highest BCUT2D eigenvalue weighted by atomic mass is 16.3. The molecule has 1 nitrogen and oxygen atoms in total. The van der Waals surface area contributed by atoms with Crippen molar-refractivity contribution in [3.8, 4) is 0 Å². The van der Waals surface area contributed by atoms with Gasteiger partial charge in [-0.05, 0) is 35.9 Å². The zero-order valence-corrected chi connectivity index (χ0v) is 10.1. The predicted molar refractivity (Wildman–Crippen MR) is 76.0 cm³/mol. The van der Waals surface area contributed by atoms with Gasteiger partial charge in [0.15, 0.2) is 0 Å². The van der Waals surface area contributed by atoms with Gasteiger partial charge in [0, 0.05) is 10.8 Å². The molecule has 0 saturated carbocycles. The molecule has 0 bridgehead atoms. The van der Waals surface area contributed by atoms with Crippen LogP contribution in [0.25, 0.3) is 32.7 Å². The van der Waals surface area contributed by atoms with Crippen LogP contribution in [0.1, 0.15) is 5.56 Å². The van der Waals surface area contributed by atoms with Crippen molar-refractivity contribution in [1.29, 1.82) is 0 Å². The lowest BCUT2D eigenvalue weighted by Crippen LogP contribution is -1.74. The Labute approximate surface area is 105 Å². The molecule has 0 radical (unpaired) electrons. The Morgan fingerprint density at radius 1 is 0.778 bits per heavy atom. The van der Waals surface area contributed by atoms with E-state index in [0.717, 1.165) is 11.2 Å². The number of rotatable bonds is 0. The quantitative estimate of drug-likeness (QED) is 0.413. The van der Waals surface area contributed by atoms with Crippen LogP contribution in [-0.4, -0.2) is 0 Å². The molecule has 0 saturated heterocycles. The van der Waals surface area contributed by atoms with E-state index in [4.69, 9.17) is 4.42 Å². The first-order chi connectivity index (χ1) is 8.83. The molecule has 1 heteroatoms. The third kappa shape index (κ3) is 1.22. The summed E-state index contributed by atoms with van der Waals surface area (Å²) in [5.41, 5.74) is 3.19. The number of hydrogen-bond acceptors (Lipinski definition) is 1. The molecule has 0 unspecified atom stereocenters. The molecule has 86 valence electrons. The maximum atomic E-state index is 5.92. The highest BCUT2D eigenvalue weighted by Gasteiger charge is 2.09. The summed E-state index contributed by atoms with van der Waals surface area (Å²) in [6.07, 6.45) is 0. The van der Waals surface area contributed by atoms with E-state index in [9.17, 15) is 0 Å². The minimum atomic E-state index is 0.965. The molecule has 0 spiro atoms. The Balaban J connectivity index is 2.35. The predicted octanol–water partition coefficient (Wildman–Crippen LogP) is 5.05. The first kappa shape index (κ1) is 9.72. The van der Waals surface area contributed by atoms with E-state index in [1.165, 1.54) is 27.1 Å². The molecule has 0 aliphatic rings. The van der Waals surface area contributed by atoms with Gasteiger partial charge in [0.25, 0.3) is 0 Å². The summed E-state index contributed by atoms with van der Waals surface area (Å²) in [5, 5.41) is 4.96. The van der Waals surface area contributed by atoms with Crippen molar-refractivity contribution in [2.24, 2.45) is 0 Å². The molecule has 0 amide bonds. The van der Waals surface area contributed by atoms with Crippen molar-refractivity contribution in [3.63, 3.8) is 0 Å². The zero-order valence-electron chi connectivity index (χ0n) is 10.1. The van der Waals surface area contributed by atoms with Crippen LogP contribution in [0.2, 0.25) is 0 Å². The van der Waals surface area contributed by atoms with Crippen molar-refractivity contribution in [1.82, 2.24) is 0 Å². The van der Waals surface area contributed by atoms with Crippen LogP contribution in [0.4, 0.5) is 0 Å². The summed E-state index contributed by atoms with van der Waals surface area (Å²) in [7, 11) is 0. The van der Waals surface area contributed by atoms with Gasteiger partial charge in [0.05, 0.1) is 0 Å². The van der Waals surface area contributed by atoms with E-state index >= 15 is 0 Å². The summed E-state index contributed by atoms with van der Waals surface area (Å²) in [6.45, 7) is 2.11. The van der Waals surface area contributed by atoms with E-state index in [1.807, 2.05) is 0 Å². The molecule has 3 aromatic carbocycles. The summed E-state index contributed by atoms with van der Waals surface area (Å²) >= 11 is 0. The van der Waals surface area contributed by atoms with Crippen molar-refractivity contribution in [2.75, 3.05) is 0 Å². The van der Waals surface area contributed by atoms with E-state index in [2.05, 4.69) is 61.5 Å². The Kier molecular flexibility index (Phi) is 1.81. The van der Waals surface area contributed by atoms with Crippen LogP contribution in [0.3, 0.4) is 0 Å². The fourth-order valence-electron chi connectivity index (χ4n) is 2.66. The van der Waals surface area contributed by atoms with Crippen molar-refractivity contribution >= 4 is 32.7 Å². The van der Waals surface area contributed by atoms with E-state index in [1.54, 1.807) is 0 Å². The molecule has 4 rings (SSSR count). The van der Waals surface area contributed by atoms with Crippen LogP contribution in [-0.2, 0) is 0 Å². The van der Waals surface area contributed by atoms with Crippen molar-refractivity contribution < 1.29 is 4.42 Å². The van der Waals surface area contributed by atoms with Gasteiger partial charge in [0.1, 0.15) is 11.2 Å². The minimum Gasteiger partial charge on any atom is -0.456 e. The molecular formula is C17H12O. The first-order valence-corrected chi connectivity index (χ1v) is 6.13. The van der Waals surface area contributed by atoms with Crippen LogP contribution in [0, 0.1) is 6.92 Å². The highest BCUT2D eigenvalue weighted by molar-refractivity contribution is 6.18. The fraction of sp³-hybridized carbons (Fsp3) is 0.0588. The summed E-state index contributed by atoms with van der Waals surface area (Å²) < 4.78 is 5.92. The molecule has 4 aromatic rings. The molecule has 0 aliphatic carbocycles. The van der Waals surface area contributed by atoms with Gasteiger partial charge in [0.2, 0.25) is 0 Å². The van der Waals surface area contributed by atoms with Gasteiger partial charge in [-0.25, -0.2) is 0 Å². The topological polar surface area (TPSA) is 13.1 Å². The second-order valence-electron chi connectivity index (χ2n) is 4.76. The van der Waals surface area contributed by atoms with Gasteiger partial charge in [-0.2, -0.15) is 0 Å². The largest absolute Gasteiger partial charge is 0.456 e. The SMILES string of the molecule is Cc1ccc2oc3ccc4ccccc4c3c2c1. The van der Waals surface area contributed by atoms with Gasteiger partial charge in [-0.15, -0.1) is 0 Å². The molecule has 18 heavy (non-hydrogen) atoms. The molecule has 1 heterocycles. The average molecular weight is 232 g/mol. The lowest BCUT2D eigenvalue weighted by atomic mass is 10.0. The standard InChI is InChI=1S/C17H12O/c1-11-6-8-15-14(10-11)17-13-5-3-2-4-12(13)7-9-16(17)18-15/h2-10H,1H3. The Hall–Kier alpha value is -2.28. The monoisotopic (exact) mass is 232 g/mol. The molecule has 0 aliphatic heterocycles. The lowest BCUT2D eigenvalue weighted by Gasteiger charge is -1.98. The highest BCUT2D eigenvalue weighted by Crippen LogP contribution is 2.34. The molecule has 1 aromatic heterocycles. The third-order valence-electron chi connectivity index (χ3n) is 3.52. The van der Waals surface area contributed by atoms with Crippen LogP contribution >= 0.6 is 0 Å². The normalized spacial score (nSPS) is 11.6. The molecule has 0 N–H and O–H groups in total. The Morgan fingerprint density at radius 2 is 1.61 bits per heavy atom. The molecule has 0 atom stereocenters. The number of aryl methyl sites for hydroxylation is 1.